The van der Waals surface area contributed by atoms with E-state index < -0.39 is 0 Å². The fourth-order valence-electron chi connectivity index (χ4n) is 2.43. The Morgan fingerprint density at radius 3 is 2.00 bits per heavy atom. The van der Waals surface area contributed by atoms with Crippen LogP contribution in [0.25, 0.3) is 11.1 Å². The Kier molecular flexibility index (Phi) is 4.33. The normalized spacial score (nSPS) is 10.3. The number of para-hydroxylation sites is 1. The van der Waals surface area contributed by atoms with Crippen LogP contribution >= 0.6 is 0 Å². The predicted molar refractivity (Wildman–Crippen MR) is 87.5 cm³/mol. The van der Waals surface area contributed by atoms with Gasteiger partial charge >= 0.3 is 0 Å². The second-order valence-corrected chi connectivity index (χ2v) is 4.93. The Morgan fingerprint density at radius 2 is 1.24 bits per heavy atom. The van der Waals surface area contributed by atoms with Gasteiger partial charge in [0.15, 0.2) is 0 Å². The Bertz CT molecular complexity index is 674. The van der Waals surface area contributed by atoms with Crippen LogP contribution in [0.5, 0.6) is 5.75 Å². The smallest absolute Gasteiger partial charge is 0.119 e. The van der Waals surface area contributed by atoms with Crippen molar-refractivity contribution in [3.05, 3.63) is 90.5 Å². The third kappa shape index (κ3) is 3.51. The summed E-state index contributed by atoms with van der Waals surface area (Å²) >= 11 is 0. The van der Waals surface area contributed by atoms with Gasteiger partial charge in [-0.2, -0.15) is 0 Å². The number of benzene rings is 3. The Hall–Kier alpha value is -2.54. The van der Waals surface area contributed by atoms with E-state index in [0.29, 0.717) is 6.61 Å². The van der Waals surface area contributed by atoms with E-state index in [2.05, 4.69) is 48.5 Å². The summed E-state index contributed by atoms with van der Waals surface area (Å²) in [7, 11) is 0. The van der Waals surface area contributed by atoms with Crippen LogP contribution in [0.2, 0.25) is 0 Å². The van der Waals surface area contributed by atoms with Crippen molar-refractivity contribution >= 4 is 0 Å². The zero-order valence-electron chi connectivity index (χ0n) is 11.9. The molecule has 0 spiro atoms. The molecule has 0 radical (unpaired) electrons. The van der Waals surface area contributed by atoms with Gasteiger partial charge in [0, 0.05) is 6.42 Å². The van der Waals surface area contributed by atoms with Crippen LogP contribution in [0, 0.1) is 0 Å². The van der Waals surface area contributed by atoms with Gasteiger partial charge < -0.3 is 4.74 Å². The van der Waals surface area contributed by atoms with Gasteiger partial charge in [-0.05, 0) is 28.8 Å². The average Bonchev–Trinajstić information content (AvgIpc) is 2.57. The van der Waals surface area contributed by atoms with Crippen LogP contribution in [0.4, 0.5) is 0 Å². The van der Waals surface area contributed by atoms with E-state index in [-0.39, 0.29) is 0 Å². The molecule has 0 fully saturated rings. The highest BCUT2D eigenvalue weighted by Gasteiger charge is 2.04. The van der Waals surface area contributed by atoms with Crippen molar-refractivity contribution in [2.75, 3.05) is 6.61 Å². The molecule has 0 aliphatic carbocycles. The molecular weight excluding hydrogens is 256 g/mol. The van der Waals surface area contributed by atoms with Crippen molar-refractivity contribution in [2.45, 2.75) is 6.42 Å². The summed E-state index contributed by atoms with van der Waals surface area (Å²) in [5.41, 5.74) is 3.86. The lowest BCUT2D eigenvalue weighted by molar-refractivity contribution is 0.322. The molecule has 0 bridgehead atoms. The third-order valence-corrected chi connectivity index (χ3v) is 3.49. The molecular formula is C20H18O. The second kappa shape index (κ2) is 6.76. The minimum Gasteiger partial charge on any atom is -0.493 e. The first kappa shape index (κ1) is 13.4. The molecule has 1 nitrogen and oxygen atoms in total. The lowest BCUT2D eigenvalue weighted by Gasteiger charge is -2.11. The highest BCUT2D eigenvalue weighted by atomic mass is 16.5. The molecule has 21 heavy (non-hydrogen) atoms. The second-order valence-electron chi connectivity index (χ2n) is 4.93. The van der Waals surface area contributed by atoms with E-state index in [4.69, 9.17) is 4.74 Å². The molecule has 104 valence electrons. The molecule has 0 N–H and O–H groups in total. The van der Waals surface area contributed by atoms with Crippen molar-refractivity contribution in [1.82, 2.24) is 0 Å². The van der Waals surface area contributed by atoms with E-state index in [1.165, 1.54) is 16.7 Å². The van der Waals surface area contributed by atoms with Gasteiger partial charge in [-0.3, -0.25) is 0 Å². The topological polar surface area (TPSA) is 9.23 Å². The van der Waals surface area contributed by atoms with Gasteiger partial charge in [0.25, 0.3) is 0 Å². The van der Waals surface area contributed by atoms with Gasteiger partial charge in [-0.15, -0.1) is 0 Å². The highest BCUT2D eigenvalue weighted by molar-refractivity contribution is 5.67. The molecule has 0 aliphatic heterocycles. The lowest BCUT2D eigenvalue weighted by Crippen LogP contribution is -2.02. The largest absolute Gasteiger partial charge is 0.493 e. The highest BCUT2D eigenvalue weighted by Crippen LogP contribution is 2.23. The van der Waals surface area contributed by atoms with E-state index >= 15 is 0 Å². The third-order valence-electron chi connectivity index (χ3n) is 3.49. The van der Waals surface area contributed by atoms with E-state index in [1.807, 2.05) is 36.4 Å². The SMILES string of the molecule is c1ccc(OCCc2ccccc2-c2ccccc2)cc1. The van der Waals surface area contributed by atoms with Crippen molar-refractivity contribution in [3.63, 3.8) is 0 Å². The van der Waals surface area contributed by atoms with Crippen molar-refractivity contribution in [3.8, 4) is 16.9 Å². The molecule has 0 aliphatic rings. The van der Waals surface area contributed by atoms with Gasteiger partial charge in [0.1, 0.15) is 5.75 Å². The summed E-state index contributed by atoms with van der Waals surface area (Å²) in [6.45, 7) is 0.688. The summed E-state index contributed by atoms with van der Waals surface area (Å²) in [5, 5.41) is 0. The van der Waals surface area contributed by atoms with Crippen LogP contribution in [-0.2, 0) is 6.42 Å². The molecule has 3 aromatic rings. The minimum atomic E-state index is 0.688. The van der Waals surface area contributed by atoms with Crippen LogP contribution < -0.4 is 4.74 Å². The molecule has 0 aromatic heterocycles. The molecule has 3 aromatic carbocycles. The minimum absolute atomic E-state index is 0.688. The van der Waals surface area contributed by atoms with Crippen molar-refractivity contribution in [2.24, 2.45) is 0 Å². The van der Waals surface area contributed by atoms with Gasteiger partial charge in [-0.25, -0.2) is 0 Å². The summed E-state index contributed by atoms with van der Waals surface area (Å²) in [4.78, 5) is 0. The standard InChI is InChI=1S/C20H18O/c1-3-9-17(10-4-1)20-14-8-7-11-18(20)15-16-21-19-12-5-2-6-13-19/h1-14H,15-16H2. The maximum atomic E-state index is 5.80. The fourth-order valence-corrected chi connectivity index (χ4v) is 2.43. The summed E-state index contributed by atoms with van der Waals surface area (Å²) in [6, 6.07) is 29.0. The van der Waals surface area contributed by atoms with Crippen LogP contribution in [0.15, 0.2) is 84.9 Å². The van der Waals surface area contributed by atoms with E-state index in [0.717, 1.165) is 12.2 Å². The van der Waals surface area contributed by atoms with Gasteiger partial charge in [0.2, 0.25) is 0 Å². The van der Waals surface area contributed by atoms with Crippen LogP contribution in [0.1, 0.15) is 5.56 Å². The number of hydrogen-bond donors (Lipinski definition) is 0. The number of hydrogen-bond acceptors (Lipinski definition) is 1. The molecule has 0 amide bonds. The van der Waals surface area contributed by atoms with E-state index in [1.54, 1.807) is 0 Å². The molecule has 0 unspecified atom stereocenters. The summed E-state index contributed by atoms with van der Waals surface area (Å²) in [5.74, 6) is 0.926. The van der Waals surface area contributed by atoms with Crippen LogP contribution in [0.3, 0.4) is 0 Å². The zero-order valence-corrected chi connectivity index (χ0v) is 11.9. The first-order valence-corrected chi connectivity index (χ1v) is 7.25. The molecule has 3 rings (SSSR count). The zero-order chi connectivity index (χ0) is 14.3. The van der Waals surface area contributed by atoms with Crippen molar-refractivity contribution < 1.29 is 4.74 Å². The molecule has 0 saturated carbocycles. The Morgan fingerprint density at radius 1 is 0.619 bits per heavy atom. The number of rotatable bonds is 5. The van der Waals surface area contributed by atoms with Crippen molar-refractivity contribution in [1.29, 1.82) is 0 Å². The molecule has 1 heteroatoms. The molecule has 0 heterocycles. The van der Waals surface area contributed by atoms with E-state index in [9.17, 15) is 0 Å². The fraction of sp³-hybridized carbons (Fsp3) is 0.100. The van der Waals surface area contributed by atoms with Gasteiger partial charge in [-0.1, -0.05) is 72.8 Å². The lowest BCUT2D eigenvalue weighted by atomic mass is 9.98. The van der Waals surface area contributed by atoms with Crippen LogP contribution in [-0.4, -0.2) is 6.61 Å². The first-order chi connectivity index (χ1) is 10.4. The molecule has 0 atom stereocenters. The summed E-state index contributed by atoms with van der Waals surface area (Å²) in [6.07, 6.45) is 0.903. The van der Waals surface area contributed by atoms with Gasteiger partial charge in [0.05, 0.1) is 6.61 Å². The predicted octanol–water partition coefficient (Wildman–Crippen LogP) is 4.98. The molecule has 0 saturated heterocycles. The first-order valence-electron chi connectivity index (χ1n) is 7.25. The quantitative estimate of drug-likeness (QED) is 0.638. The maximum Gasteiger partial charge on any atom is 0.119 e. The average molecular weight is 274 g/mol. The maximum absolute atomic E-state index is 5.80. The Labute approximate surface area is 125 Å². The monoisotopic (exact) mass is 274 g/mol. The Balaban J connectivity index is 1.71. The number of ether oxygens (including phenoxy) is 1. The summed E-state index contributed by atoms with van der Waals surface area (Å²) < 4.78 is 5.80.